The molecule has 0 atom stereocenters. The molecule has 0 spiro atoms. The molecule has 2 aromatic rings. The van der Waals surface area contributed by atoms with Crippen molar-refractivity contribution in [2.24, 2.45) is 0 Å². The third kappa shape index (κ3) is 4.91. The molecule has 1 fully saturated rings. The minimum Gasteiger partial charge on any atom is -0.383 e. The molecule has 0 bridgehead atoms. The van der Waals surface area contributed by atoms with Crippen molar-refractivity contribution in [3.8, 4) is 0 Å². The molecule has 2 N–H and O–H groups in total. The van der Waals surface area contributed by atoms with Crippen LogP contribution >= 0.6 is 15.9 Å². The summed E-state index contributed by atoms with van der Waals surface area (Å²) >= 11 is 3.40. The number of benzene rings is 2. The Morgan fingerprint density at radius 1 is 1.07 bits per heavy atom. The number of methoxy groups -OCH3 is 1. The van der Waals surface area contributed by atoms with E-state index in [2.05, 4.69) is 31.5 Å². The van der Waals surface area contributed by atoms with Gasteiger partial charge in [-0.05, 0) is 59.1 Å². The second-order valence-electron chi connectivity index (χ2n) is 6.61. The number of hydrogen-bond acceptors (Lipinski definition) is 4. The lowest BCUT2D eigenvalue weighted by molar-refractivity contribution is 0.0936. The third-order valence-corrected chi connectivity index (χ3v) is 5.35. The van der Waals surface area contributed by atoms with Gasteiger partial charge in [0.2, 0.25) is 0 Å². The summed E-state index contributed by atoms with van der Waals surface area (Å²) in [5.74, 6) is -0.400. The Morgan fingerprint density at radius 3 is 2.54 bits per heavy atom. The van der Waals surface area contributed by atoms with Gasteiger partial charge >= 0.3 is 0 Å². The fraction of sp³-hybridized carbons (Fsp3) is 0.333. The van der Waals surface area contributed by atoms with Gasteiger partial charge in [0.05, 0.1) is 17.7 Å². The van der Waals surface area contributed by atoms with Crippen LogP contribution in [0, 0.1) is 0 Å². The van der Waals surface area contributed by atoms with Gasteiger partial charge in [-0.1, -0.05) is 12.1 Å². The number of anilines is 2. The molecule has 2 aromatic carbocycles. The Kier molecular flexibility index (Phi) is 7.06. The number of carbonyl (C=O) groups excluding carboxylic acids is 2. The molecule has 0 aromatic heterocycles. The minimum absolute atomic E-state index is 0.170. The first-order valence-electron chi connectivity index (χ1n) is 9.32. The Hall–Kier alpha value is -2.38. The van der Waals surface area contributed by atoms with Crippen LogP contribution < -0.4 is 15.5 Å². The predicted octanol–water partition coefficient (Wildman–Crippen LogP) is 3.68. The Morgan fingerprint density at radius 2 is 1.82 bits per heavy atom. The molecule has 148 valence electrons. The van der Waals surface area contributed by atoms with Crippen LogP contribution in [0.4, 0.5) is 11.4 Å². The maximum absolute atomic E-state index is 12.7. The number of nitrogens with one attached hydrogen (secondary N) is 2. The van der Waals surface area contributed by atoms with E-state index in [4.69, 9.17) is 4.74 Å². The monoisotopic (exact) mass is 445 g/mol. The van der Waals surface area contributed by atoms with Crippen molar-refractivity contribution in [2.75, 3.05) is 43.6 Å². The summed E-state index contributed by atoms with van der Waals surface area (Å²) in [6.07, 6.45) is 2.23. The quantitative estimate of drug-likeness (QED) is 0.637. The Bertz CT molecular complexity index is 851. The van der Waals surface area contributed by atoms with Crippen LogP contribution in [0.1, 0.15) is 33.6 Å². The average molecular weight is 446 g/mol. The summed E-state index contributed by atoms with van der Waals surface area (Å²) in [7, 11) is 1.60. The zero-order valence-electron chi connectivity index (χ0n) is 15.8. The first-order chi connectivity index (χ1) is 13.6. The van der Waals surface area contributed by atoms with Gasteiger partial charge in [-0.25, -0.2) is 0 Å². The van der Waals surface area contributed by atoms with E-state index in [-0.39, 0.29) is 11.8 Å². The van der Waals surface area contributed by atoms with Crippen LogP contribution in [0.25, 0.3) is 0 Å². The lowest BCUT2D eigenvalue weighted by atomic mass is 10.1. The number of nitrogens with zero attached hydrogens (tertiary/aromatic N) is 1. The third-order valence-electron chi connectivity index (χ3n) is 4.66. The lowest BCUT2D eigenvalue weighted by Gasteiger charge is -2.22. The first kappa shape index (κ1) is 20.4. The molecular formula is C21H24BrN3O3. The van der Waals surface area contributed by atoms with Gasteiger partial charge in [0.15, 0.2) is 0 Å². The van der Waals surface area contributed by atoms with Crippen molar-refractivity contribution in [2.45, 2.75) is 12.8 Å². The van der Waals surface area contributed by atoms with E-state index < -0.39 is 0 Å². The normalized spacial score (nSPS) is 13.4. The molecule has 1 heterocycles. The highest BCUT2D eigenvalue weighted by Crippen LogP contribution is 2.28. The fourth-order valence-electron chi connectivity index (χ4n) is 3.24. The zero-order valence-corrected chi connectivity index (χ0v) is 17.4. The maximum Gasteiger partial charge on any atom is 0.256 e. The van der Waals surface area contributed by atoms with Crippen LogP contribution in [0.2, 0.25) is 0 Å². The van der Waals surface area contributed by atoms with Crippen LogP contribution in [0.5, 0.6) is 0 Å². The molecular weight excluding hydrogens is 422 g/mol. The molecule has 1 aliphatic heterocycles. The van der Waals surface area contributed by atoms with E-state index in [0.717, 1.165) is 36.1 Å². The molecule has 3 rings (SSSR count). The number of carbonyl (C=O) groups is 2. The van der Waals surface area contributed by atoms with E-state index in [9.17, 15) is 9.59 Å². The van der Waals surface area contributed by atoms with Crippen molar-refractivity contribution in [1.82, 2.24) is 5.32 Å². The van der Waals surface area contributed by atoms with Gasteiger partial charge in [0, 0.05) is 42.6 Å². The van der Waals surface area contributed by atoms with E-state index >= 15 is 0 Å². The molecule has 0 saturated carbocycles. The molecule has 0 aliphatic carbocycles. The summed E-state index contributed by atoms with van der Waals surface area (Å²) in [5.41, 5.74) is 2.58. The van der Waals surface area contributed by atoms with Crippen LogP contribution in [-0.4, -0.2) is 45.2 Å². The lowest BCUT2D eigenvalue weighted by Crippen LogP contribution is -2.30. The molecule has 1 saturated heterocycles. The molecule has 1 aliphatic rings. The van der Waals surface area contributed by atoms with Gasteiger partial charge in [-0.3, -0.25) is 9.59 Å². The number of halogens is 1. The highest BCUT2D eigenvalue weighted by molar-refractivity contribution is 9.10. The molecule has 2 amide bonds. The smallest absolute Gasteiger partial charge is 0.256 e. The van der Waals surface area contributed by atoms with E-state index in [1.165, 1.54) is 0 Å². The van der Waals surface area contributed by atoms with Gasteiger partial charge in [-0.15, -0.1) is 0 Å². The highest BCUT2D eigenvalue weighted by Gasteiger charge is 2.20. The fourth-order valence-corrected chi connectivity index (χ4v) is 3.70. The topological polar surface area (TPSA) is 70.7 Å². The highest BCUT2D eigenvalue weighted by atomic mass is 79.9. The number of ether oxygens (including phenoxy) is 1. The largest absolute Gasteiger partial charge is 0.383 e. The minimum atomic E-state index is -0.230. The number of amides is 2. The van der Waals surface area contributed by atoms with Crippen LogP contribution in [0.3, 0.4) is 0 Å². The molecule has 0 radical (unpaired) electrons. The first-order valence-corrected chi connectivity index (χ1v) is 10.1. The second kappa shape index (κ2) is 9.71. The van der Waals surface area contributed by atoms with E-state index in [0.29, 0.717) is 30.0 Å². The van der Waals surface area contributed by atoms with Crippen molar-refractivity contribution < 1.29 is 14.3 Å². The van der Waals surface area contributed by atoms with Gasteiger partial charge in [0.1, 0.15) is 0 Å². The molecule has 0 unspecified atom stereocenters. The SMILES string of the molecule is COCCNC(=O)c1cc(NC(=O)c2ccccc2Br)ccc1N1CCCC1. The molecule has 7 heteroatoms. The predicted molar refractivity (Wildman–Crippen MR) is 114 cm³/mol. The molecule has 28 heavy (non-hydrogen) atoms. The van der Waals surface area contributed by atoms with Crippen molar-refractivity contribution in [3.63, 3.8) is 0 Å². The van der Waals surface area contributed by atoms with Crippen molar-refractivity contribution >= 4 is 39.1 Å². The summed E-state index contributed by atoms with van der Waals surface area (Å²) in [4.78, 5) is 27.6. The Balaban J connectivity index is 1.84. The van der Waals surface area contributed by atoms with Crippen LogP contribution in [0.15, 0.2) is 46.9 Å². The van der Waals surface area contributed by atoms with Crippen LogP contribution in [-0.2, 0) is 4.74 Å². The second-order valence-corrected chi connectivity index (χ2v) is 7.46. The number of hydrogen-bond donors (Lipinski definition) is 2. The standard InChI is InChI=1S/C21H24BrN3O3/c1-28-13-10-23-20(26)17-14-15(8-9-19(17)25-11-4-5-12-25)24-21(27)16-6-2-3-7-18(16)22/h2-3,6-9,14H,4-5,10-13H2,1H3,(H,23,26)(H,24,27). The van der Waals surface area contributed by atoms with Crippen molar-refractivity contribution in [3.05, 3.63) is 58.1 Å². The van der Waals surface area contributed by atoms with Gasteiger partial charge in [-0.2, -0.15) is 0 Å². The number of rotatable bonds is 7. The average Bonchev–Trinajstić information content (AvgIpc) is 3.23. The summed E-state index contributed by atoms with van der Waals surface area (Å²) in [5, 5.41) is 5.76. The van der Waals surface area contributed by atoms with E-state index in [1.807, 2.05) is 30.3 Å². The van der Waals surface area contributed by atoms with Crippen molar-refractivity contribution in [1.29, 1.82) is 0 Å². The molecule has 6 nitrogen and oxygen atoms in total. The maximum atomic E-state index is 12.7. The van der Waals surface area contributed by atoms with Gasteiger partial charge < -0.3 is 20.3 Å². The van der Waals surface area contributed by atoms with E-state index in [1.54, 1.807) is 19.2 Å². The summed E-state index contributed by atoms with van der Waals surface area (Å²) < 4.78 is 5.73. The summed E-state index contributed by atoms with van der Waals surface area (Å²) in [6.45, 7) is 2.74. The van der Waals surface area contributed by atoms with Gasteiger partial charge in [0.25, 0.3) is 11.8 Å². The zero-order chi connectivity index (χ0) is 19.9. The summed E-state index contributed by atoms with van der Waals surface area (Å²) in [6, 6.07) is 12.7. The Labute approximate surface area is 173 Å².